The first-order chi connectivity index (χ1) is 17.6. The molecule has 5 heteroatoms. The summed E-state index contributed by atoms with van der Waals surface area (Å²) in [6, 6.07) is 23.0. The van der Waals surface area contributed by atoms with Crippen LogP contribution in [-0.4, -0.2) is 16.7 Å². The highest BCUT2D eigenvalue weighted by Crippen LogP contribution is 2.51. The molecule has 0 bridgehead atoms. The van der Waals surface area contributed by atoms with Crippen LogP contribution in [0.15, 0.2) is 89.6 Å². The Hall–Kier alpha value is -3.63. The molecule has 4 nitrogen and oxygen atoms in total. The minimum absolute atomic E-state index is 0.00330. The van der Waals surface area contributed by atoms with Crippen molar-refractivity contribution in [2.45, 2.75) is 46.5 Å². The monoisotopic (exact) mass is 510 g/mol. The lowest BCUT2D eigenvalue weighted by molar-refractivity contribution is -0.118. The van der Waals surface area contributed by atoms with Crippen LogP contribution >= 0.6 is 11.6 Å². The van der Waals surface area contributed by atoms with Crippen molar-refractivity contribution >= 4 is 34.7 Å². The Labute approximate surface area is 223 Å². The largest absolute Gasteiger partial charge is 0.507 e. The van der Waals surface area contributed by atoms with E-state index in [2.05, 4.69) is 13.8 Å². The van der Waals surface area contributed by atoms with Crippen molar-refractivity contribution in [3.63, 3.8) is 0 Å². The molecule has 0 fully saturated rings. The van der Waals surface area contributed by atoms with Gasteiger partial charge in [-0.15, -0.1) is 0 Å². The number of Topliss-reactive ketones (excluding diaryl/α,β-unsaturated/α-hetero) is 1. The number of hydrogen-bond acceptors (Lipinski definition) is 3. The number of carbonyl (C=O) groups is 1. The van der Waals surface area contributed by atoms with Gasteiger partial charge in [0.2, 0.25) is 0 Å². The standard InChI is InChI=1S/C32H31ClN2O2/c1-19-10-13-21(14-11-19)27-28-25(17-32(3,4)18-26(28)36)35(23-15-12-20(2)24(33)16-23)31(34)29(27)30(37)22-8-6-5-7-9-22/h5-16,27,34,37H,17-18H2,1-4H3/b30-29+,34-31?. The fraction of sp³-hybridized carbons (Fsp3) is 0.250. The number of hydrogen-bond donors (Lipinski definition) is 2. The molecule has 2 N–H and O–H groups in total. The van der Waals surface area contributed by atoms with Crippen LogP contribution in [0.25, 0.3) is 5.76 Å². The zero-order chi connectivity index (χ0) is 26.5. The molecule has 2 aliphatic rings. The molecule has 0 aromatic heterocycles. The molecule has 1 aliphatic heterocycles. The van der Waals surface area contributed by atoms with Crippen LogP contribution in [-0.2, 0) is 4.79 Å². The van der Waals surface area contributed by atoms with E-state index in [-0.39, 0.29) is 22.8 Å². The zero-order valence-corrected chi connectivity index (χ0v) is 22.4. The van der Waals surface area contributed by atoms with Gasteiger partial charge in [0.05, 0.1) is 0 Å². The molecular weight excluding hydrogens is 480 g/mol. The van der Waals surface area contributed by atoms with Gasteiger partial charge >= 0.3 is 0 Å². The molecule has 1 heterocycles. The molecule has 3 aromatic rings. The van der Waals surface area contributed by atoms with Gasteiger partial charge in [-0.2, -0.15) is 0 Å². The average molecular weight is 511 g/mol. The number of aliphatic hydroxyl groups is 1. The minimum Gasteiger partial charge on any atom is -0.507 e. The number of amidine groups is 1. The molecule has 0 saturated heterocycles. The summed E-state index contributed by atoms with van der Waals surface area (Å²) >= 11 is 6.53. The Bertz CT molecular complexity index is 1470. The van der Waals surface area contributed by atoms with Gasteiger partial charge in [-0.05, 0) is 48.9 Å². The summed E-state index contributed by atoms with van der Waals surface area (Å²) < 4.78 is 0. The number of halogens is 1. The summed E-state index contributed by atoms with van der Waals surface area (Å²) in [5.41, 5.74) is 5.84. The first kappa shape index (κ1) is 25.0. The van der Waals surface area contributed by atoms with Crippen molar-refractivity contribution in [2.75, 3.05) is 4.90 Å². The number of benzene rings is 3. The third-order valence-corrected chi connectivity index (χ3v) is 7.76. The lowest BCUT2D eigenvalue weighted by Crippen LogP contribution is -2.45. The number of allylic oxidation sites excluding steroid dienone is 2. The Morgan fingerprint density at radius 3 is 2.32 bits per heavy atom. The maximum absolute atomic E-state index is 13.9. The van der Waals surface area contributed by atoms with Gasteiger partial charge in [0, 0.05) is 45.5 Å². The van der Waals surface area contributed by atoms with Crippen molar-refractivity contribution in [1.29, 1.82) is 5.41 Å². The van der Waals surface area contributed by atoms with E-state index in [1.807, 2.05) is 91.5 Å². The molecule has 188 valence electrons. The van der Waals surface area contributed by atoms with Gasteiger partial charge in [-0.25, -0.2) is 0 Å². The van der Waals surface area contributed by atoms with Gasteiger partial charge in [-0.3, -0.25) is 15.1 Å². The summed E-state index contributed by atoms with van der Waals surface area (Å²) in [6.45, 7) is 8.14. The number of rotatable bonds is 3. The number of nitrogens with zero attached hydrogens (tertiary/aromatic N) is 1. The van der Waals surface area contributed by atoms with Crippen molar-refractivity contribution in [1.82, 2.24) is 0 Å². The quantitative estimate of drug-likeness (QED) is 0.349. The number of anilines is 1. The van der Waals surface area contributed by atoms with Crippen LogP contribution in [0.3, 0.4) is 0 Å². The highest BCUT2D eigenvalue weighted by Gasteiger charge is 2.46. The number of aryl methyl sites for hydroxylation is 2. The van der Waals surface area contributed by atoms with Crippen molar-refractivity contribution < 1.29 is 9.90 Å². The molecule has 1 aliphatic carbocycles. The normalized spacial score (nSPS) is 20.7. The molecule has 3 aromatic carbocycles. The summed E-state index contributed by atoms with van der Waals surface area (Å²) in [4.78, 5) is 15.7. The highest BCUT2D eigenvalue weighted by molar-refractivity contribution is 6.32. The Morgan fingerprint density at radius 1 is 1.00 bits per heavy atom. The van der Waals surface area contributed by atoms with E-state index >= 15 is 0 Å². The molecule has 0 saturated carbocycles. The van der Waals surface area contributed by atoms with Crippen LogP contribution in [0, 0.1) is 24.7 Å². The molecule has 1 atom stereocenters. The first-order valence-electron chi connectivity index (χ1n) is 12.5. The van der Waals surface area contributed by atoms with E-state index in [4.69, 9.17) is 11.6 Å². The SMILES string of the molecule is Cc1ccc(C2C3=C(CC(C)(C)CC3=O)N(c3ccc(C)c(Cl)c3)C(=N)/C2=C(/O)c2ccccc2)cc1. The molecule has 0 spiro atoms. The summed E-state index contributed by atoms with van der Waals surface area (Å²) in [5, 5.41) is 21.8. The predicted molar refractivity (Wildman–Crippen MR) is 151 cm³/mol. The van der Waals surface area contributed by atoms with Crippen LogP contribution < -0.4 is 4.90 Å². The predicted octanol–water partition coefficient (Wildman–Crippen LogP) is 8.15. The molecule has 1 unspecified atom stereocenters. The van der Waals surface area contributed by atoms with Crippen LogP contribution in [0.5, 0.6) is 0 Å². The smallest absolute Gasteiger partial charge is 0.162 e. The third-order valence-electron chi connectivity index (χ3n) is 7.35. The van der Waals surface area contributed by atoms with E-state index in [1.54, 1.807) is 0 Å². The van der Waals surface area contributed by atoms with Crippen LogP contribution in [0.1, 0.15) is 54.9 Å². The average Bonchev–Trinajstić information content (AvgIpc) is 2.85. The van der Waals surface area contributed by atoms with Gasteiger partial charge < -0.3 is 5.11 Å². The summed E-state index contributed by atoms with van der Waals surface area (Å²) in [5.74, 6) is -0.352. The fourth-order valence-electron chi connectivity index (χ4n) is 5.46. The Balaban J connectivity index is 1.86. The summed E-state index contributed by atoms with van der Waals surface area (Å²) in [7, 11) is 0. The molecule has 5 rings (SSSR count). The second-order valence-corrected chi connectivity index (χ2v) is 11.3. The maximum Gasteiger partial charge on any atom is 0.162 e. The van der Waals surface area contributed by atoms with Gasteiger partial charge in [0.15, 0.2) is 5.78 Å². The Kier molecular flexibility index (Phi) is 6.33. The zero-order valence-electron chi connectivity index (χ0n) is 21.6. The van der Waals surface area contributed by atoms with Crippen molar-refractivity contribution in [2.24, 2.45) is 5.41 Å². The molecule has 0 amide bonds. The molecule has 37 heavy (non-hydrogen) atoms. The van der Waals surface area contributed by atoms with E-state index in [0.717, 1.165) is 22.4 Å². The number of carbonyl (C=O) groups excluding carboxylic acids is 1. The minimum atomic E-state index is -0.552. The van der Waals surface area contributed by atoms with Gasteiger partial charge in [0.1, 0.15) is 11.6 Å². The van der Waals surface area contributed by atoms with E-state index in [1.165, 1.54) is 0 Å². The number of ketones is 1. The summed E-state index contributed by atoms with van der Waals surface area (Å²) in [6.07, 6.45) is 1.03. The Morgan fingerprint density at radius 2 is 1.68 bits per heavy atom. The second-order valence-electron chi connectivity index (χ2n) is 10.9. The topological polar surface area (TPSA) is 64.4 Å². The molecule has 0 radical (unpaired) electrons. The highest BCUT2D eigenvalue weighted by atomic mass is 35.5. The van der Waals surface area contributed by atoms with E-state index in [0.29, 0.717) is 40.3 Å². The van der Waals surface area contributed by atoms with E-state index < -0.39 is 5.92 Å². The number of aliphatic hydroxyl groups excluding tert-OH is 1. The van der Waals surface area contributed by atoms with Crippen LogP contribution in [0.4, 0.5) is 5.69 Å². The van der Waals surface area contributed by atoms with Crippen molar-refractivity contribution in [3.05, 3.63) is 117 Å². The van der Waals surface area contributed by atoms with Gasteiger partial charge in [-0.1, -0.05) is 91.7 Å². The van der Waals surface area contributed by atoms with Gasteiger partial charge in [0.25, 0.3) is 0 Å². The maximum atomic E-state index is 13.9. The first-order valence-corrected chi connectivity index (χ1v) is 12.9. The fourth-order valence-corrected chi connectivity index (χ4v) is 5.64. The van der Waals surface area contributed by atoms with Crippen LogP contribution in [0.2, 0.25) is 5.02 Å². The third kappa shape index (κ3) is 4.51. The lowest BCUT2D eigenvalue weighted by Gasteiger charge is -2.45. The van der Waals surface area contributed by atoms with Crippen molar-refractivity contribution in [3.8, 4) is 0 Å². The number of nitrogens with one attached hydrogen (secondary N) is 1. The molecular formula is C32H31ClN2O2. The second kappa shape index (κ2) is 9.35. The van der Waals surface area contributed by atoms with E-state index in [9.17, 15) is 15.3 Å². The lowest BCUT2D eigenvalue weighted by atomic mass is 9.67.